The summed E-state index contributed by atoms with van der Waals surface area (Å²) >= 11 is 9.94. The smallest absolute Gasteiger partial charge is 0.374 e. The first-order chi connectivity index (χ1) is 67.9. The van der Waals surface area contributed by atoms with Crippen LogP contribution in [0, 0.1) is 0 Å². The van der Waals surface area contributed by atoms with Crippen molar-refractivity contribution in [3.63, 3.8) is 0 Å². The Kier molecular flexibility index (Phi) is 26.2. The van der Waals surface area contributed by atoms with Crippen molar-refractivity contribution in [1.29, 1.82) is 0 Å². The third-order valence-corrected chi connectivity index (χ3v) is 29.4. The fourth-order valence-corrected chi connectivity index (χ4v) is 22.1. The molecule has 11 aromatic heterocycles. The van der Waals surface area contributed by atoms with E-state index < -0.39 is 36.4 Å². The zero-order valence-electron chi connectivity index (χ0n) is 76.3. The summed E-state index contributed by atoms with van der Waals surface area (Å²) < 4.78 is 43.8. The van der Waals surface area contributed by atoms with Gasteiger partial charge >= 0.3 is 5.97 Å². The molecule has 24 rings (SSSR count). The molecule has 0 unspecified atom stereocenters. The standard InChI is InChI=1S/C28H26N4O5.C26H23ClN4O3.C25H23N5O3S.C25H26N4O4S/c1-2-37-28(35)26-30-21(22-9-5-6-11-31(22)26)14-17-13-20-25(19-8-4-3-7-18(17)19)29-16-32(27(20)34)23-10-12-36-15-24(23)33;1-30-8-6-18-19(21(27)12-28-25(18)30)10-15-11-20-24(17-5-3-2-4-16(15)17)29-14-31(26(20)33)22-7-9-34-13-23(22)32;1-29-12-16(10-28-29)24-26-11-17(34-24)8-15-9-20-23(19-5-3-2-4-18(15)19)27-14-30(25(20)32)21-6-7-33-13-22(21)31;30-22-14-33-8-5-21(22)29-15-27-23-19-4-2-1-3-18(19)16(12-20(23)24(29)31)11-17-13-26-25(34-17)28-6-9-32-10-7-28/h3-9,11,13,16,23-24,33H,2,10,12,14-15H2,1H3;2-6,8,11-12,14,22-23,32H,7,9-10,13H2,1H3;2-5,9-12,14,21-22,31H,6-8,13H2,1H3;1-4,12-13,15,21-22,30H,5-11,14H2/t23-,24-;22-,23-;2*21-,22-/m0000/s1. The van der Waals surface area contributed by atoms with Gasteiger partial charge in [-0.15, -0.1) is 22.7 Å². The molecule has 0 bridgehead atoms. The summed E-state index contributed by atoms with van der Waals surface area (Å²) in [7, 11) is 3.84. The number of halogens is 1. The van der Waals surface area contributed by atoms with Crippen molar-refractivity contribution >= 4 is 149 Å². The average Bonchev–Trinajstić information content (AvgIpc) is 1.01. The van der Waals surface area contributed by atoms with Gasteiger partial charge in [0.25, 0.3) is 22.2 Å². The number of rotatable bonds is 16. The maximum atomic E-state index is 13.7. The van der Waals surface area contributed by atoms with Gasteiger partial charge in [0, 0.05) is 159 Å². The van der Waals surface area contributed by atoms with Gasteiger partial charge in [-0.05, 0) is 124 Å². The molecule has 8 aromatic carbocycles. The van der Waals surface area contributed by atoms with Gasteiger partial charge in [0.1, 0.15) is 10.7 Å². The highest BCUT2D eigenvalue weighted by Crippen LogP contribution is 2.39. The number of thiazole rings is 2. The summed E-state index contributed by atoms with van der Waals surface area (Å²) in [4.78, 5) is 109. The first kappa shape index (κ1) is 91.8. The van der Waals surface area contributed by atoms with E-state index in [1.807, 2.05) is 177 Å². The Morgan fingerprint density at radius 3 is 1.29 bits per heavy atom. The number of carbonyl (C=O) groups is 1. The van der Waals surface area contributed by atoms with Crippen molar-refractivity contribution in [3.05, 3.63) is 310 Å². The van der Waals surface area contributed by atoms with Crippen LogP contribution in [-0.2, 0) is 68.2 Å². The SMILES string of the molecule is CCOC(=O)c1nc(Cc2cc3c(=O)n([C@H]4CCOC[C@@H]4O)cnc3c3ccccc23)c2ccccn12.Cn1cc(-c2ncc(Cc3cc4c(=O)n([C@H]5CCOC[C@@H]5O)cnc4c4ccccc34)s2)cn1.Cn1ccc2c(Cc3cc4c(=O)n([C@H]5CCOC[C@@H]5O)cnc4c4ccccc34)c(Cl)cnc21.O=c1c2cc(Cc3cnc(N4CCOCC4)s3)c3ccccc3c2ncn1[C@H]1CCOC[C@@H]1O. The molecule has 32 nitrogen and oxygen atoms in total. The minimum Gasteiger partial charge on any atom is -0.460 e. The number of fused-ring (bicyclic) bond motifs is 14. The summed E-state index contributed by atoms with van der Waals surface area (Å²) in [5, 5.41) is 59.5. The Balaban J connectivity index is 0.000000110. The molecule has 5 fully saturated rings. The van der Waals surface area contributed by atoms with Crippen molar-refractivity contribution in [2.75, 3.05) is 90.7 Å². The number of aromatic nitrogens is 16. The molecule has 19 aromatic rings. The second-order valence-electron chi connectivity index (χ2n) is 35.5. The fourth-order valence-electron chi connectivity index (χ4n) is 19.9. The highest BCUT2D eigenvalue weighted by molar-refractivity contribution is 7.15. The molecule has 0 saturated carbocycles. The lowest BCUT2D eigenvalue weighted by molar-refractivity contribution is -0.0395. The number of esters is 1. The Bertz CT molecular complexity index is 8190. The number of aryl methyl sites for hydroxylation is 2. The maximum absolute atomic E-state index is 13.7. The molecule has 5 aliphatic rings. The number of hydrogen-bond donors (Lipinski definition) is 4. The van der Waals surface area contributed by atoms with E-state index in [0.29, 0.717) is 132 Å². The number of nitrogens with zero attached hydrogens (tertiary/aromatic N) is 17. The van der Waals surface area contributed by atoms with Crippen LogP contribution < -0.4 is 27.1 Å². The van der Waals surface area contributed by atoms with Crippen LogP contribution in [0.25, 0.3) is 114 Å². The number of pyridine rings is 2. The second-order valence-corrected chi connectivity index (χ2v) is 38.1. The van der Waals surface area contributed by atoms with E-state index in [0.717, 1.165) is 139 Å². The normalized spacial score (nSPS) is 19.2. The van der Waals surface area contributed by atoms with E-state index in [9.17, 15) is 44.4 Å². The minimum absolute atomic E-state index is 0.124. The number of hydrogen-bond acceptors (Lipinski definition) is 27. The number of ether oxygens (including phenoxy) is 6. The lowest BCUT2D eigenvalue weighted by atomic mass is 9.95. The van der Waals surface area contributed by atoms with Crippen LogP contribution in [0.15, 0.2) is 233 Å². The quantitative estimate of drug-likeness (QED) is 0.0515. The summed E-state index contributed by atoms with van der Waals surface area (Å²) in [5.74, 6) is -0.268. The lowest BCUT2D eigenvalue weighted by Gasteiger charge is -2.29. The van der Waals surface area contributed by atoms with Crippen molar-refractivity contribution < 1.29 is 53.6 Å². The third-order valence-electron chi connectivity index (χ3n) is 26.9. The van der Waals surface area contributed by atoms with Crippen LogP contribution >= 0.6 is 34.3 Å². The van der Waals surface area contributed by atoms with Crippen LogP contribution in [0.3, 0.4) is 0 Å². The van der Waals surface area contributed by atoms with Crippen molar-refractivity contribution in [2.45, 2.75) is 107 Å². The Morgan fingerprint density at radius 1 is 0.446 bits per heavy atom. The molecule has 0 spiro atoms. The number of anilines is 1. The molecule has 35 heteroatoms. The van der Waals surface area contributed by atoms with Gasteiger partial charge < -0.3 is 58.3 Å². The average molecular weight is 1930 g/mol. The van der Waals surface area contributed by atoms with E-state index in [4.69, 9.17) is 40.0 Å². The van der Waals surface area contributed by atoms with Gasteiger partial charge in [-0.1, -0.05) is 115 Å². The van der Waals surface area contributed by atoms with Crippen LogP contribution in [0.1, 0.15) is 111 Å². The number of aliphatic hydroxyl groups excluding tert-OH is 4. The number of imidazole rings is 1. The molecule has 0 aliphatic carbocycles. The maximum Gasteiger partial charge on any atom is 0.374 e. The molecule has 5 saturated heterocycles. The molecule has 0 amide bonds. The van der Waals surface area contributed by atoms with Crippen molar-refractivity contribution in [3.8, 4) is 10.6 Å². The number of aliphatic hydroxyl groups is 4. The zero-order chi connectivity index (χ0) is 95.2. The van der Waals surface area contributed by atoms with E-state index in [1.165, 1.54) is 10.9 Å². The van der Waals surface area contributed by atoms with Gasteiger partial charge in [0.05, 0.1) is 186 Å². The Labute approximate surface area is 806 Å². The van der Waals surface area contributed by atoms with Crippen molar-refractivity contribution in [1.82, 2.24) is 76.9 Å². The third kappa shape index (κ3) is 18.0. The molecule has 8 atom stereocenters. The fraction of sp³-hybridized carbons (Fsp3) is 0.308. The Morgan fingerprint density at radius 2 is 0.863 bits per heavy atom. The predicted octanol–water partition coefficient (Wildman–Crippen LogP) is 13.4. The first-order valence-corrected chi connectivity index (χ1v) is 48.5. The highest BCUT2D eigenvalue weighted by atomic mass is 35.5. The highest BCUT2D eigenvalue weighted by Gasteiger charge is 2.34. The lowest BCUT2D eigenvalue weighted by Crippen LogP contribution is -2.39. The van der Waals surface area contributed by atoms with Gasteiger partial charge in [0.2, 0.25) is 5.82 Å². The Hall–Kier alpha value is -13.6. The van der Waals surface area contributed by atoms with Gasteiger partial charge in [0.15, 0.2) is 5.13 Å². The monoisotopic (exact) mass is 1920 g/mol. The first-order valence-electron chi connectivity index (χ1n) is 46.5. The molecule has 16 heterocycles. The molecule has 5 aliphatic heterocycles. The molecule has 139 heavy (non-hydrogen) atoms. The van der Waals surface area contributed by atoms with Gasteiger partial charge in [-0.3, -0.25) is 46.5 Å². The van der Waals surface area contributed by atoms with E-state index >= 15 is 0 Å². The van der Waals surface area contributed by atoms with Crippen LogP contribution in [0.2, 0.25) is 5.02 Å². The summed E-state index contributed by atoms with van der Waals surface area (Å²) in [6.45, 7) is 8.06. The van der Waals surface area contributed by atoms with Crippen LogP contribution in [-0.4, -0.2) is 213 Å². The molecular weight excluding hydrogens is 1830 g/mol. The molecule has 708 valence electrons. The van der Waals surface area contributed by atoms with Gasteiger partial charge in [-0.2, -0.15) is 5.10 Å². The molecular formula is C104H98ClN17O15S2. The summed E-state index contributed by atoms with van der Waals surface area (Å²) in [5.41, 5.74) is 10.4. The number of benzene rings is 8. The zero-order valence-corrected chi connectivity index (χ0v) is 78.6. The van der Waals surface area contributed by atoms with Gasteiger partial charge in [-0.25, -0.2) is 44.7 Å². The summed E-state index contributed by atoms with van der Waals surface area (Å²) in [6, 6.07) is 46.0. The predicted molar refractivity (Wildman–Crippen MR) is 534 cm³/mol. The summed E-state index contributed by atoms with van der Waals surface area (Å²) in [6.07, 6.45) is 20.9. The number of morpholine rings is 1. The number of carbonyl (C=O) groups excluding carboxylic acids is 1. The van der Waals surface area contributed by atoms with Crippen LogP contribution in [0.5, 0.6) is 0 Å². The van der Waals surface area contributed by atoms with Crippen LogP contribution in [0.4, 0.5) is 5.13 Å². The molecule has 0 radical (unpaired) electrons. The van der Waals surface area contributed by atoms with Crippen molar-refractivity contribution in [2.24, 2.45) is 14.1 Å². The second kappa shape index (κ2) is 39.7. The van der Waals surface area contributed by atoms with E-state index in [-0.39, 0.29) is 79.2 Å². The largest absolute Gasteiger partial charge is 0.460 e. The van der Waals surface area contributed by atoms with E-state index in [2.05, 4.69) is 68.1 Å². The minimum atomic E-state index is -0.774. The topological polar surface area (TPSA) is 375 Å². The molecule has 4 N–H and O–H groups in total. The van der Waals surface area contributed by atoms with E-state index in [1.54, 1.807) is 83.8 Å².